The lowest BCUT2D eigenvalue weighted by molar-refractivity contribution is -0.140. The maximum Gasteiger partial charge on any atom is 0.358 e. The minimum absolute atomic E-state index is 0.0675. The Balaban J connectivity index is 2.44. The number of aliphatic carboxylic acids is 1. The molecule has 1 aliphatic rings. The number of hydrogen-bond acceptors (Lipinski definition) is 4. The summed E-state index contributed by atoms with van der Waals surface area (Å²) in [5.74, 6) is -2.14. The zero-order valence-electron chi connectivity index (χ0n) is 9.33. The van der Waals surface area contributed by atoms with Crippen molar-refractivity contribution in [2.75, 3.05) is 0 Å². The van der Waals surface area contributed by atoms with Crippen LogP contribution in [0.3, 0.4) is 0 Å². The summed E-state index contributed by atoms with van der Waals surface area (Å²) in [6, 6.07) is -0.897. The first-order valence-electron chi connectivity index (χ1n) is 5.43. The van der Waals surface area contributed by atoms with E-state index in [-0.39, 0.29) is 11.6 Å². The van der Waals surface area contributed by atoms with Gasteiger partial charge in [-0.2, -0.15) is 0 Å². The zero-order chi connectivity index (χ0) is 12.6. The Morgan fingerprint density at radius 2 is 2.06 bits per heavy atom. The second-order valence-electron chi connectivity index (χ2n) is 4.22. The van der Waals surface area contributed by atoms with Crippen LogP contribution in [0.2, 0.25) is 0 Å². The van der Waals surface area contributed by atoms with E-state index in [1.807, 2.05) is 0 Å². The molecule has 0 spiro atoms. The Kier molecular flexibility index (Phi) is 2.83. The minimum Gasteiger partial charge on any atom is -0.480 e. The molecule has 7 nitrogen and oxygen atoms in total. The van der Waals surface area contributed by atoms with Crippen LogP contribution in [0.25, 0.3) is 0 Å². The molecule has 0 aromatic carbocycles. The molecule has 17 heavy (non-hydrogen) atoms. The lowest BCUT2D eigenvalue weighted by atomic mass is 9.82. The highest BCUT2D eigenvalue weighted by atomic mass is 16.4. The lowest BCUT2D eigenvalue weighted by Gasteiger charge is -2.26. The van der Waals surface area contributed by atoms with Gasteiger partial charge in [-0.1, -0.05) is 11.6 Å². The van der Waals surface area contributed by atoms with Gasteiger partial charge in [-0.15, -0.1) is 5.10 Å². The number of carboxylic acid groups (broad SMARTS) is 2. The minimum atomic E-state index is -1.16. The summed E-state index contributed by atoms with van der Waals surface area (Å²) in [6.45, 7) is 1.46. The van der Waals surface area contributed by atoms with E-state index in [4.69, 9.17) is 10.2 Å². The summed E-state index contributed by atoms with van der Waals surface area (Å²) in [6.07, 6.45) is 2.75. The second kappa shape index (κ2) is 4.15. The quantitative estimate of drug-likeness (QED) is 0.808. The van der Waals surface area contributed by atoms with E-state index in [9.17, 15) is 9.59 Å². The van der Waals surface area contributed by atoms with Crippen molar-refractivity contribution in [2.45, 2.75) is 38.1 Å². The van der Waals surface area contributed by atoms with Gasteiger partial charge in [0, 0.05) is 5.92 Å². The molecule has 1 aromatic heterocycles. The van der Waals surface area contributed by atoms with Gasteiger partial charge in [0.15, 0.2) is 5.69 Å². The van der Waals surface area contributed by atoms with Crippen LogP contribution >= 0.6 is 0 Å². The molecule has 0 saturated heterocycles. The van der Waals surface area contributed by atoms with Crippen molar-refractivity contribution in [3.05, 3.63) is 11.4 Å². The van der Waals surface area contributed by atoms with Gasteiger partial charge < -0.3 is 10.2 Å². The molecule has 1 aromatic rings. The van der Waals surface area contributed by atoms with Gasteiger partial charge in [-0.05, 0) is 19.8 Å². The third-order valence-electron chi connectivity index (χ3n) is 3.15. The fourth-order valence-electron chi connectivity index (χ4n) is 1.91. The average molecular weight is 239 g/mol. The highest BCUT2D eigenvalue weighted by molar-refractivity contribution is 5.87. The maximum absolute atomic E-state index is 11.0. The van der Waals surface area contributed by atoms with Gasteiger partial charge in [-0.3, -0.25) is 0 Å². The standard InChI is InChI=1S/C10H13N3O4/c1-5(9(14)15)13-8(6-3-2-4-6)7(10(16)17)11-12-13/h5-6H,2-4H2,1H3,(H,14,15)(H,16,17). The van der Waals surface area contributed by atoms with E-state index in [1.165, 1.54) is 11.6 Å². The van der Waals surface area contributed by atoms with E-state index in [2.05, 4.69) is 10.3 Å². The summed E-state index contributed by atoms with van der Waals surface area (Å²) >= 11 is 0. The normalized spacial score (nSPS) is 17.5. The molecule has 0 aliphatic heterocycles. The van der Waals surface area contributed by atoms with Crippen molar-refractivity contribution < 1.29 is 19.8 Å². The molecule has 1 unspecified atom stereocenters. The van der Waals surface area contributed by atoms with Crippen LogP contribution in [-0.4, -0.2) is 37.1 Å². The first-order valence-corrected chi connectivity index (χ1v) is 5.43. The van der Waals surface area contributed by atoms with Gasteiger partial charge in [0.05, 0.1) is 5.69 Å². The van der Waals surface area contributed by atoms with Crippen LogP contribution in [0.4, 0.5) is 0 Å². The Morgan fingerprint density at radius 3 is 2.47 bits per heavy atom. The number of nitrogens with zero attached hydrogens (tertiary/aromatic N) is 3. The third kappa shape index (κ3) is 1.88. The fraction of sp³-hybridized carbons (Fsp3) is 0.600. The van der Waals surface area contributed by atoms with E-state index in [1.54, 1.807) is 0 Å². The van der Waals surface area contributed by atoms with E-state index < -0.39 is 18.0 Å². The van der Waals surface area contributed by atoms with Crippen LogP contribution in [-0.2, 0) is 4.79 Å². The number of carbonyl (C=O) groups is 2. The number of aromatic carboxylic acids is 1. The molecule has 1 heterocycles. The summed E-state index contributed by atoms with van der Waals surface area (Å²) in [5, 5.41) is 25.2. The maximum atomic E-state index is 11.0. The van der Waals surface area contributed by atoms with Gasteiger partial charge >= 0.3 is 11.9 Å². The number of carboxylic acids is 2. The van der Waals surface area contributed by atoms with Crippen molar-refractivity contribution in [3.63, 3.8) is 0 Å². The van der Waals surface area contributed by atoms with Crippen molar-refractivity contribution in [3.8, 4) is 0 Å². The fourth-order valence-corrected chi connectivity index (χ4v) is 1.91. The Morgan fingerprint density at radius 1 is 1.41 bits per heavy atom. The van der Waals surface area contributed by atoms with Crippen LogP contribution in [0.1, 0.15) is 54.3 Å². The third-order valence-corrected chi connectivity index (χ3v) is 3.15. The SMILES string of the molecule is CC(C(=O)O)n1nnc(C(=O)O)c1C1CCC1. The number of rotatable bonds is 4. The monoisotopic (exact) mass is 239 g/mol. The van der Waals surface area contributed by atoms with Crippen molar-refractivity contribution in [1.82, 2.24) is 15.0 Å². The molecule has 7 heteroatoms. The summed E-state index contributed by atoms with van der Waals surface area (Å²) < 4.78 is 1.22. The smallest absolute Gasteiger partial charge is 0.358 e. The highest BCUT2D eigenvalue weighted by Gasteiger charge is 2.33. The molecular formula is C10H13N3O4. The average Bonchev–Trinajstić information content (AvgIpc) is 2.58. The first kappa shape index (κ1) is 11.6. The van der Waals surface area contributed by atoms with Gasteiger partial charge in [0.25, 0.3) is 0 Å². The van der Waals surface area contributed by atoms with E-state index in [0.717, 1.165) is 19.3 Å². The van der Waals surface area contributed by atoms with Crippen LogP contribution in [0.5, 0.6) is 0 Å². The summed E-state index contributed by atoms with van der Waals surface area (Å²) in [5.41, 5.74) is 0.321. The molecule has 1 aliphatic carbocycles. The predicted octanol–water partition coefficient (Wildman–Crippen LogP) is 0.889. The molecule has 0 amide bonds. The van der Waals surface area contributed by atoms with Crippen LogP contribution in [0, 0.1) is 0 Å². The molecule has 1 fully saturated rings. The Bertz CT molecular complexity index is 464. The second-order valence-corrected chi connectivity index (χ2v) is 4.22. The molecule has 92 valence electrons. The topological polar surface area (TPSA) is 105 Å². The van der Waals surface area contributed by atoms with E-state index in [0.29, 0.717) is 5.69 Å². The lowest BCUT2D eigenvalue weighted by Crippen LogP contribution is -2.24. The van der Waals surface area contributed by atoms with Crippen LogP contribution < -0.4 is 0 Å². The van der Waals surface area contributed by atoms with Gasteiger partial charge in [-0.25, -0.2) is 14.3 Å². The highest BCUT2D eigenvalue weighted by Crippen LogP contribution is 2.38. The molecule has 2 rings (SSSR count). The van der Waals surface area contributed by atoms with Crippen LogP contribution in [0.15, 0.2) is 0 Å². The number of hydrogen-bond donors (Lipinski definition) is 2. The molecule has 0 bridgehead atoms. The largest absolute Gasteiger partial charge is 0.480 e. The summed E-state index contributed by atoms with van der Waals surface area (Å²) in [7, 11) is 0. The predicted molar refractivity (Wildman–Crippen MR) is 55.9 cm³/mol. The van der Waals surface area contributed by atoms with Gasteiger partial charge in [0.1, 0.15) is 6.04 Å². The van der Waals surface area contributed by atoms with Crippen molar-refractivity contribution >= 4 is 11.9 Å². The summed E-state index contributed by atoms with van der Waals surface area (Å²) in [4.78, 5) is 21.9. The molecule has 0 radical (unpaired) electrons. The van der Waals surface area contributed by atoms with Crippen molar-refractivity contribution in [1.29, 1.82) is 0 Å². The molecule has 2 N–H and O–H groups in total. The molecular weight excluding hydrogens is 226 g/mol. The first-order chi connectivity index (χ1) is 8.02. The van der Waals surface area contributed by atoms with E-state index >= 15 is 0 Å². The zero-order valence-corrected chi connectivity index (χ0v) is 9.33. The van der Waals surface area contributed by atoms with Crippen molar-refractivity contribution in [2.24, 2.45) is 0 Å². The van der Waals surface area contributed by atoms with Gasteiger partial charge in [0.2, 0.25) is 0 Å². The number of aromatic nitrogens is 3. The Labute approximate surface area is 97.1 Å². The molecule has 1 atom stereocenters. The Hall–Kier alpha value is -1.92. The molecule has 1 saturated carbocycles.